The van der Waals surface area contributed by atoms with Crippen LogP contribution < -0.4 is 5.32 Å². The minimum Gasteiger partial charge on any atom is -0.469 e. The summed E-state index contributed by atoms with van der Waals surface area (Å²) in [5.74, 6) is -0.454. The number of methoxy groups -OCH3 is 1. The maximum atomic E-state index is 13.6. The van der Waals surface area contributed by atoms with Gasteiger partial charge in [0.2, 0.25) is 0 Å². The number of carbonyl (C=O) groups is 1. The van der Waals surface area contributed by atoms with Crippen LogP contribution in [0.4, 0.5) is 4.39 Å². The van der Waals surface area contributed by atoms with Gasteiger partial charge in [0.1, 0.15) is 5.82 Å². The van der Waals surface area contributed by atoms with Gasteiger partial charge in [-0.2, -0.15) is 0 Å². The van der Waals surface area contributed by atoms with Crippen molar-refractivity contribution in [2.45, 2.75) is 25.8 Å². The molecular formula is C13H17BrFNO2. The molecule has 1 rings (SSSR count). The van der Waals surface area contributed by atoms with E-state index < -0.39 is 0 Å². The van der Waals surface area contributed by atoms with Crippen molar-refractivity contribution in [1.82, 2.24) is 5.32 Å². The predicted octanol–water partition coefficient (Wildman–Crippen LogP) is 3.19. The van der Waals surface area contributed by atoms with Gasteiger partial charge < -0.3 is 10.1 Å². The van der Waals surface area contributed by atoms with E-state index in [1.165, 1.54) is 13.2 Å². The highest BCUT2D eigenvalue weighted by Crippen LogP contribution is 2.21. The zero-order valence-electron chi connectivity index (χ0n) is 10.5. The molecule has 0 heterocycles. The van der Waals surface area contributed by atoms with Crippen molar-refractivity contribution in [3.05, 3.63) is 34.1 Å². The van der Waals surface area contributed by atoms with E-state index in [1.807, 2.05) is 6.92 Å². The molecule has 0 saturated heterocycles. The second kappa shape index (κ2) is 7.48. The van der Waals surface area contributed by atoms with E-state index in [4.69, 9.17) is 0 Å². The number of rotatable bonds is 6. The predicted molar refractivity (Wildman–Crippen MR) is 71.8 cm³/mol. The summed E-state index contributed by atoms with van der Waals surface area (Å²) in [5, 5.41) is 3.18. The van der Waals surface area contributed by atoms with Gasteiger partial charge in [0.05, 0.1) is 7.11 Å². The average molecular weight is 318 g/mol. The number of hydrogen-bond donors (Lipinski definition) is 1. The lowest BCUT2D eigenvalue weighted by Crippen LogP contribution is -2.21. The van der Waals surface area contributed by atoms with Crippen molar-refractivity contribution in [2.24, 2.45) is 0 Å². The number of nitrogens with one attached hydrogen (secondary N) is 1. The molecule has 1 N–H and O–H groups in total. The zero-order chi connectivity index (χ0) is 13.5. The van der Waals surface area contributed by atoms with E-state index in [1.54, 1.807) is 12.1 Å². The largest absolute Gasteiger partial charge is 0.469 e. The number of ether oxygens (including phenoxy) is 1. The lowest BCUT2D eigenvalue weighted by Gasteiger charge is -2.15. The van der Waals surface area contributed by atoms with E-state index in [9.17, 15) is 9.18 Å². The molecule has 0 aromatic heterocycles. The van der Waals surface area contributed by atoms with Gasteiger partial charge in [-0.3, -0.25) is 4.79 Å². The number of carbonyl (C=O) groups excluding carboxylic acids is 1. The average Bonchev–Trinajstić information content (AvgIpc) is 2.36. The molecular weight excluding hydrogens is 301 g/mol. The summed E-state index contributed by atoms with van der Waals surface area (Å²) in [4.78, 5) is 10.9. The second-order valence-electron chi connectivity index (χ2n) is 4.02. The Morgan fingerprint density at radius 2 is 2.28 bits per heavy atom. The molecule has 0 aliphatic heterocycles. The summed E-state index contributed by atoms with van der Waals surface area (Å²) in [6.07, 6.45) is 1.05. The van der Waals surface area contributed by atoms with Crippen LogP contribution in [0.25, 0.3) is 0 Å². The molecule has 0 spiro atoms. The lowest BCUT2D eigenvalue weighted by molar-refractivity contribution is -0.140. The first-order chi connectivity index (χ1) is 8.54. The standard InChI is InChI=1S/C13H17BrFNO2/c1-9(16-7-3-4-13(17)18-2)11-8-10(14)5-6-12(11)15/h5-6,8-9,16H,3-4,7H2,1-2H3. The molecule has 3 nitrogen and oxygen atoms in total. The van der Waals surface area contributed by atoms with Crippen LogP contribution in [0.3, 0.4) is 0 Å². The van der Waals surface area contributed by atoms with Crippen LogP contribution >= 0.6 is 15.9 Å². The molecule has 0 bridgehead atoms. The summed E-state index contributed by atoms with van der Waals surface area (Å²) in [5.41, 5.74) is 0.613. The topological polar surface area (TPSA) is 38.3 Å². The molecule has 18 heavy (non-hydrogen) atoms. The van der Waals surface area contributed by atoms with Crippen molar-refractivity contribution >= 4 is 21.9 Å². The highest BCUT2D eigenvalue weighted by Gasteiger charge is 2.10. The zero-order valence-corrected chi connectivity index (χ0v) is 12.1. The SMILES string of the molecule is COC(=O)CCCNC(C)c1cc(Br)ccc1F. The summed E-state index contributed by atoms with van der Waals surface area (Å²) < 4.78 is 19.0. The third-order valence-corrected chi connectivity index (χ3v) is 3.15. The van der Waals surface area contributed by atoms with Crippen LogP contribution in [0.2, 0.25) is 0 Å². The van der Waals surface area contributed by atoms with Gasteiger partial charge in [-0.15, -0.1) is 0 Å². The molecule has 1 unspecified atom stereocenters. The van der Waals surface area contributed by atoms with Crippen LogP contribution in [-0.4, -0.2) is 19.6 Å². The van der Waals surface area contributed by atoms with Crippen LogP contribution in [-0.2, 0) is 9.53 Å². The second-order valence-corrected chi connectivity index (χ2v) is 4.94. The van der Waals surface area contributed by atoms with Crippen LogP contribution in [0.1, 0.15) is 31.4 Å². The molecule has 0 aliphatic rings. The fraction of sp³-hybridized carbons (Fsp3) is 0.462. The van der Waals surface area contributed by atoms with Gasteiger partial charge in [-0.1, -0.05) is 15.9 Å². The van der Waals surface area contributed by atoms with Gasteiger partial charge in [-0.05, 0) is 38.1 Å². The van der Waals surface area contributed by atoms with Crippen LogP contribution in [0.5, 0.6) is 0 Å². The summed E-state index contributed by atoms with van der Waals surface area (Å²) in [7, 11) is 1.37. The van der Waals surface area contributed by atoms with E-state index >= 15 is 0 Å². The van der Waals surface area contributed by atoms with Gasteiger partial charge >= 0.3 is 5.97 Å². The number of esters is 1. The molecule has 0 fully saturated rings. The van der Waals surface area contributed by atoms with E-state index in [0.717, 1.165) is 4.47 Å². The Morgan fingerprint density at radius 1 is 1.56 bits per heavy atom. The molecule has 1 atom stereocenters. The first-order valence-corrected chi connectivity index (χ1v) is 6.59. The molecule has 100 valence electrons. The first kappa shape index (κ1) is 15.1. The van der Waals surface area contributed by atoms with E-state index in [0.29, 0.717) is 24.9 Å². The molecule has 5 heteroatoms. The molecule has 1 aromatic carbocycles. The molecule has 0 saturated carbocycles. The fourth-order valence-electron chi connectivity index (χ4n) is 1.61. The minimum absolute atomic E-state index is 0.0971. The minimum atomic E-state index is -0.230. The number of halogens is 2. The van der Waals surface area contributed by atoms with Gasteiger partial charge in [0, 0.05) is 22.5 Å². The maximum Gasteiger partial charge on any atom is 0.305 e. The normalized spacial score (nSPS) is 12.2. The highest BCUT2D eigenvalue weighted by molar-refractivity contribution is 9.10. The van der Waals surface area contributed by atoms with Crippen molar-refractivity contribution in [2.75, 3.05) is 13.7 Å². The van der Waals surface area contributed by atoms with Crippen molar-refractivity contribution < 1.29 is 13.9 Å². The third-order valence-electron chi connectivity index (χ3n) is 2.66. The third kappa shape index (κ3) is 4.74. The number of hydrogen-bond acceptors (Lipinski definition) is 3. The Balaban J connectivity index is 2.43. The van der Waals surface area contributed by atoms with Gasteiger partial charge in [0.15, 0.2) is 0 Å². The van der Waals surface area contributed by atoms with Gasteiger partial charge in [-0.25, -0.2) is 4.39 Å². The molecule has 0 amide bonds. The van der Waals surface area contributed by atoms with Crippen molar-refractivity contribution in [1.29, 1.82) is 0 Å². The quantitative estimate of drug-likeness (QED) is 0.647. The molecule has 0 radical (unpaired) electrons. The van der Waals surface area contributed by atoms with Crippen molar-refractivity contribution in [3.8, 4) is 0 Å². The van der Waals surface area contributed by atoms with E-state index in [-0.39, 0.29) is 17.8 Å². The summed E-state index contributed by atoms with van der Waals surface area (Å²) >= 11 is 3.32. The Labute approximate surface area is 115 Å². The Bertz CT molecular complexity index is 412. The Kier molecular flexibility index (Phi) is 6.29. The Morgan fingerprint density at radius 3 is 2.94 bits per heavy atom. The van der Waals surface area contributed by atoms with Crippen LogP contribution in [0, 0.1) is 5.82 Å². The smallest absolute Gasteiger partial charge is 0.305 e. The van der Waals surface area contributed by atoms with Gasteiger partial charge in [0.25, 0.3) is 0 Å². The maximum absolute atomic E-state index is 13.6. The number of benzene rings is 1. The van der Waals surface area contributed by atoms with Crippen molar-refractivity contribution in [3.63, 3.8) is 0 Å². The highest BCUT2D eigenvalue weighted by atomic mass is 79.9. The van der Waals surface area contributed by atoms with Crippen LogP contribution in [0.15, 0.2) is 22.7 Å². The summed E-state index contributed by atoms with van der Waals surface area (Å²) in [6, 6.07) is 4.77. The monoisotopic (exact) mass is 317 g/mol. The Hall–Kier alpha value is -0.940. The lowest BCUT2D eigenvalue weighted by atomic mass is 10.1. The first-order valence-electron chi connectivity index (χ1n) is 5.79. The summed E-state index contributed by atoms with van der Waals surface area (Å²) in [6.45, 7) is 2.53. The van der Waals surface area contributed by atoms with E-state index in [2.05, 4.69) is 26.0 Å². The molecule has 0 aliphatic carbocycles. The fourth-order valence-corrected chi connectivity index (χ4v) is 1.99. The molecule has 1 aromatic rings.